The molecule has 2 aliphatic rings. The number of aromatic nitrogens is 3. The van der Waals surface area contributed by atoms with Crippen LogP contribution < -0.4 is 10.6 Å². The van der Waals surface area contributed by atoms with Crippen molar-refractivity contribution in [3.8, 4) is 0 Å². The summed E-state index contributed by atoms with van der Waals surface area (Å²) in [6.07, 6.45) is 13.1. The van der Waals surface area contributed by atoms with Crippen molar-refractivity contribution in [2.45, 2.75) is 82.8 Å². The SMILES string of the molecule is CCNC(=NCCCc1nnc(SC)n1C1CCCC1)NCCCN1CCC(C)CC1.I. The van der Waals surface area contributed by atoms with Crippen LogP contribution >= 0.6 is 35.7 Å². The summed E-state index contributed by atoms with van der Waals surface area (Å²) in [4.78, 5) is 7.40. The van der Waals surface area contributed by atoms with Gasteiger partial charge in [0.25, 0.3) is 0 Å². The van der Waals surface area contributed by atoms with Gasteiger partial charge in [0.1, 0.15) is 5.82 Å². The summed E-state index contributed by atoms with van der Waals surface area (Å²) in [7, 11) is 0. The predicted octanol–water partition coefficient (Wildman–Crippen LogP) is 4.34. The summed E-state index contributed by atoms with van der Waals surface area (Å²) in [5, 5.41) is 16.9. The predicted molar refractivity (Wildman–Crippen MR) is 146 cm³/mol. The molecule has 1 aromatic heterocycles. The quantitative estimate of drug-likeness (QED) is 0.134. The molecule has 7 nitrogen and oxygen atoms in total. The molecule has 1 saturated heterocycles. The van der Waals surface area contributed by atoms with E-state index in [2.05, 4.69) is 50.4 Å². The molecule has 0 radical (unpaired) electrons. The van der Waals surface area contributed by atoms with Gasteiger partial charge in [-0.25, -0.2) is 0 Å². The van der Waals surface area contributed by atoms with Gasteiger partial charge in [0.05, 0.1) is 0 Å². The molecular formula is C23H44IN7S. The van der Waals surface area contributed by atoms with Gasteiger partial charge in [-0.15, -0.1) is 34.2 Å². The molecule has 1 aliphatic carbocycles. The largest absolute Gasteiger partial charge is 0.357 e. The number of piperidine rings is 1. The molecule has 0 atom stereocenters. The smallest absolute Gasteiger partial charge is 0.191 e. The molecule has 2 fully saturated rings. The summed E-state index contributed by atoms with van der Waals surface area (Å²) in [6, 6.07) is 0.595. The van der Waals surface area contributed by atoms with Crippen LogP contribution in [0.1, 0.15) is 77.1 Å². The number of guanidine groups is 1. The Bertz CT molecular complexity index is 667. The standard InChI is InChI=1S/C23H43N7S.HI/c1-4-24-22(26-15-8-16-29-17-12-19(2)13-18-29)25-14-7-11-21-27-28-23(31-3)30(21)20-9-5-6-10-20;/h19-20H,4-18H2,1-3H3,(H2,24,25,26);1H. The normalized spacial score (nSPS) is 18.7. The Kier molecular flexibility index (Phi) is 13.3. The van der Waals surface area contributed by atoms with E-state index in [9.17, 15) is 0 Å². The summed E-state index contributed by atoms with van der Waals surface area (Å²) in [5.74, 6) is 2.98. The Morgan fingerprint density at radius 3 is 2.53 bits per heavy atom. The van der Waals surface area contributed by atoms with Crippen molar-refractivity contribution in [1.29, 1.82) is 0 Å². The number of rotatable bonds is 11. The van der Waals surface area contributed by atoms with Crippen LogP contribution in [0.25, 0.3) is 0 Å². The topological polar surface area (TPSA) is 70.4 Å². The molecule has 184 valence electrons. The Balaban J connectivity index is 0.00000363. The average Bonchev–Trinajstić information content (AvgIpc) is 3.44. The van der Waals surface area contributed by atoms with Crippen molar-refractivity contribution in [3.05, 3.63) is 5.82 Å². The van der Waals surface area contributed by atoms with Crippen LogP contribution in [0.3, 0.4) is 0 Å². The third-order valence-electron chi connectivity index (χ3n) is 6.60. The minimum atomic E-state index is 0. The van der Waals surface area contributed by atoms with Crippen molar-refractivity contribution >= 4 is 41.7 Å². The van der Waals surface area contributed by atoms with Gasteiger partial charge in [-0.05, 0) is 77.3 Å². The lowest BCUT2D eigenvalue weighted by molar-refractivity contribution is 0.191. The molecular weight excluding hydrogens is 533 g/mol. The zero-order valence-corrected chi connectivity index (χ0v) is 23.5. The molecule has 0 aromatic carbocycles. The highest BCUT2D eigenvalue weighted by Crippen LogP contribution is 2.33. The second kappa shape index (κ2) is 15.4. The van der Waals surface area contributed by atoms with Gasteiger partial charge in [0, 0.05) is 32.1 Å². The Morgan fingerprint density at radius 1 is 1.09 bits per heavy atom. The molecule has 1 aromatic rings. The lowest BCUT2D eigenvalue weighted by Crippen LogP contribution is -2.39. The second-order valence-electron chi connectivity index (χ2n) is 9.08. The minimum absolute atomic E-state index is 0. The van der Waals surface area contributed by atoms with E-state index in [4.69, 9.17) is 4.99 Å². The Hall–Kier alpha value is -0.550. The number of hydrogen-bond donors (Lipinski definition) is 2. The zero-order valence-electron chi connectivity index (χ0n) is 20.3. The van der Waals surface area contributed by atoms with Crippen LogP contribution in [0.4, 0.5) is 0 Å². The molecule has 0 bridgehead atoms. The van der Waals surface area contributed by atoms with Crippen LogP contribution in [0.15, 0.2) is 10.1 Å². The van der Waals surface area contributed by atoms with Crippen molar-refractivity contribution in [3.63, 3.8) is 0 Å². The van der Waals surface area contributed by atoms with Crippen LogP contribution in [-0.2, 0) is 6.42 Å². The van der Waals surface area contributed by atoms with E-state index in [-0.39, 0.29) is 24.0 Å². The zero-order chi connectivity index (χ0) is 21.9. The fourth-order valence-corrected chi connectivity index (χ4v) is 5.28. The molecule has 0 spiro atoms. The van der Waals surface area contributed by atoms with Gasteiger partial charge in [0.15, 0.2) is 11.1 Å². The van der Waals surface area contributed by atoms with E-state index < -0.39 is 0 Å². The highest BCUT2D eigenvalue weighted by Gasteiger charge is 2.23. The highest BCUT2D eigenvalue weighted by atomic mass is 127. The highest BCUT2D eigenvalue weighted by molar-refractivity contribution is 14.0. The van der Waals surface area contributed by atoms with E-state index in [1.54, 1.807) is 11.8 Å². The van der Waals surface area contributed by atoms with Gasteiger partial charge >= 0.3 is 0 Å². The third kappa shape index (κ3) is 8.66. The summed E-state index contributed by atoms with van der Waals surface area (Å²) >= 11 is 1.71. The lowest BCUT2D eigenvalue weighted by Gasteiger charge is -2.30. The molecule has 1 aliphatic heterocycles. The first kappa shape index (κ1) is 27.7. The molecule has 1 saturated carbocycles. The number of hydrogen-bond acceptors (Lipinski definition) is 5. The maximum absolute atomic E-state index is 4.80. The van der Waals surface area contributed by atoms with E-state index in [1.807, 2.05) is 0 Å². The summed E-state index contributed by atoms with van der Waals surface area (Å²) < 4.78 is 2.41. The molecule has 3 rings (SSSR count). The maximum Gasteiger partial charge on any atom is 0.191 e. The maximum atomic E-state index is 4.80. The van der Waals surface area contributed by atoms with Gasteiger partial charge in [-0.2, -0.15) is 0 Å². The number of nitrogens with zero attached hydrogens (tertiary/aromatic N) is 5. The number of halogens is 1. The Morgan fingerprint density at radius 2 is 1.84 bits per heavy atom. The van der Waals surface area contributed by atoms with E-state index >= 15 is 0 Å². The second-order valence-corrected chi connectivity index (χ2v) is 9.85. The first-order valence-corrected chi connectivity index (χ1v) is 13.7. The number of aliphatic imine (C=N–C) groups is 1. The van der Waals surface area contributed by atoms with E-state index in [0.29, 0.717) is 6.04 Å². The van der Waals surface area contributed by atoms with E-state index in [0.717, 1.165) is 55.3 Å². The fourth-order valence-electron chi connectivity index (χ4n) is 4.71. The summed E-state index contributed by atoms with van der Waals surface area (Å²) in [5.41, 5.74) is 0. The molecule has 0 amide bonds. The van der Waals surface area contributed by atoms with Crippen LogP contribution in [0, 0.1) is 5.92 Å². The number of aryl methyl sites for hydroxylation is 1. The molecule has 2 N–H and O–H groups in total. The molecule has 2 heterocycles. The van der Waals surface area contributed by atoms with Gasteiger partial charge < -0.3 is 20.1 Å². The van der Waals surface area contributed by atoms with Gasteiger partial charge in [0.2, 0.25) is 0 Å². The van der Waals surface area contributed by atoms with Gasteiger partial charge in [-0.1, -0.05) is 31.5 Å². The lowest BCUT2D eigenvalue weighted by atomic mass is 9.99. The monoisotopic (exact) mass is 577 g/mol. The summed E-state index contributed by atoms with van der Waals surface area (Å²) in [6.45, 7) is 10.9. The third-order valence-corrected chi connectivity index (χ3v) is 7.24. The van der Waals surface area contributed by atoms with Crippen LogP contribution in [0.2, 0.25) is 0 Å². The number of thioether (sulfide) groups is 1. The van der Waals surface area contributed by atoms with E-state index in [1.165, 1.54) is 64.6 Å². The first-order chi connectivity index (χ1) is 15.2. The van der Waals surface area contributed by atoms with Crippen LogP contribution in [-0.4, -0.2) is 71.1 Å². The van der Waals surface area contributed by atoms with Gasteiger partial charge in [-0.3, -0.25) is 4.99 Å². The van der Waals surface area contributed by atoms with Crippen molar-refractivity contribution < 1.29 is 0 Å². The van der Waals surface area contributed by atoms with Crippen molar-refractivity contribution in [2.75, 3.05) is 45.5 Å². The molecule has 32 heavy (non-hydrogen) atoms. The number of nitrogens with one attached hydrogen (secondary N) is 2. The number of likely N-dealkylation sites (tertiary alicyclic amines) is 1. The fraction of sp³-hybridized carbons (Fsp3) is 0.870. The molecule has 0 unspecified atom stereocenters. The Labute approximate surface area is 216 Å². The van der Waals surface area contributed by atoms with Crippen LogP contribution in [0.5, 0.6) is 0 Å². The minimum Gasteiger partial charge on any atom is -0.357 e. The average molecular weight is 578 g/mol. The van der Waals surface area contributed by atoms with Crippen molar-refractivity contribution in [1.82, 2.24) is 30.3 Å². The first-order valence-electron chi connectivity index (χ1n) is 12.4. The molecule has 9 heteroatoms. The van der Waals surface area contributed by atoms with Crippen molar-refractivity contribution in [2.24, 2.45) is 10.9 Å².